The lowest BCUT2D eigenvalue weighted by atomic mass is 10.2. The van der Waals surface area contributed by atoms with Crippen LogP contribution in [0.4, 0.5) is 23.0 Å². The summed E-state index contributed by atoms with van der Waals surface area (Å²) in [5, 5.41) is 19.8. The van der Waals surface area contributed by atoms with Crippen LogP contribution in [0.5, 0.6) is 0 Å². The summed E-state index contributed by atoms with van der Waals surface area (Å²) < 4.78 is 0. The van der Waals surface area contributed by atoms with Gasteiger partial charge in [0.05, 0.1) is 16.6 Å². The monoisotopic (exact) mass is 269 g/mol. The summed E-state index contributed by atoms with van der Waals surface area (Å²) in [7, 11) is 1.65. The van der Waals surface area contributed by atoms with Crippen LogP contribution in [0.3, 0.4) is 0 Å². The van der Waals surface area contributed by atoms with Crippen LogP contribution in [-0.4, -0.2) is 17.0 Å². The van der Waals surface area contributed by atoms with Crippen molar-refractivity contribution < 1.29 is 4.92 Å². The molecule has 0 radical (unpaired) electrons. The molecule has 100 valence electrons. The van der Waals surface area contributed by atoms with Gasteiger partial charge in [-0.2, -0.15) is 5.26 Å². The molecule has 2 aromatic rings. The summed E-state index contributed by atoms with van der Waals surface area (Å²) in [5.74, 6) is 0.353. The number of nitrogens with zero attached hydrogens (tertiary/aromatic N) is 4. The number of anilines is 3. The quantitative estimate of drug-likeness (QED) is 0.675. The van der Waals surface area contributed by atoms with Crippen molar-refractivity contribution >= 4 is 23.0 Å². The highest BCUT2D eigenvalue weighted by Gasteiger charge is 2.20. The maximum Gasteiger partial charge on any atom is 0.312 e. The number of hydrogen-bond acceptors (Lipinski definition) is 6. The molecule has 0 aliphatic heterocycles. The molecule has 2 rings (SSSR count). The lowest BCUT2D eigenvalue weighted by Crippen LogP contribution is -2.14. The molecular weight excluding hydrogens is 258 g/mol. The summed E-state index contributed by atoms with van der Waals surface area (Å²) in [4.78, 5) is 16.1. The van der Waals surface area contributed by atoms with E-state index in [1.165, 1.54) is 12.1 Å². The van der Waals surface area contributed by atoms with Crippen LogP contribution < -0.4 is 10.6 Å². The van der Waals surface area contributed by atoms with Crippen molar-refractivity contribution in [1.82, 2.24) is 4.98 Å². The smallest absolute Gasteiger partial charge is 0.312 e. The number of aromatic nitrogens is 1. The second-order valence-corrected chi connectivity index (χ2v) is 4.05. The molecule has 0 saturated heterocycles. The normalized spacial score (nSPS) is 9.80. The van der Waals surface area contributed by atoms with Crippen LogP contribution in [0.15, 0.2) is 36.4 Å². The van der Waals surface area contributed by atoms with Gasteiger partial charge in [0.15, 0.2) is 0 Å². The molecule has 0 saturated carbocycles. The van der Waals surface area contributed by atoms with Crippen LogP contribution in [0.25, 0.3) is 0 Å². The Labute approximate surface area is 115 Å². The van der Waals surface area contributed by atoms with Crippen molar-refractivity contribution in [1.29, 1.82) is 5.26 Å². The van der Waals surface area contributed by atoms with Crippen LogP contribution >= 0.6 is 0 Å². The van der Waals surface area contributed by atoms with Gasteiger partial charge in [-0.1, -0.05) is 0 Å². The van der Waals surface area contributed by atoms with Crippen LogP contribution in [0, 0.1) is 21.4 Å². The van der Waals surface area contributed by atoms with Crippen molar-refractivity contribution in [3.63, 3.8) is 0 Å². The summed E-state index contributed by atoms with van der Waals surface area (Å²) in [6.07, 6.45) is 0. The molecule has 1 heterocycles. The first-order valence-electron chi connectivity index (χ1n) is 5.67. The van der Waals surface area contributed by atoms with Gasteiger partial charge in [0.1, 0.15) is 5.82 Å². The molecule has 0 spiro atoms. The second kappa shape index (κ2) is 5.24. The average molecular weight is 269 g/mol. The van der Waals surface area contributed by atoms with E-state index in [1.807, 2.05) is 6.07 Å². The summed E-state index contributed by atoms with van der Waals surface area (Å²) in [6.45, 7) is 0. The maximum atomic E-state index is 11.0. The minimum Gasteiger partial charge on any atom is -0.384 e. The molecular formula is C13H11N5O2. The fourth-order valence-electron chi connectivity index (χ4n) is 1.73. The first-order valence-corrected chi connectivity index (χ1v) is 5.67. The molecule has 0 atom stereocenters. The highest BCUT2D eigenvalue weighted by Crippen LogP contribution is 2.31. The van der Waals surface area contributed by atoms with Crippen LogP contribution in [-0.2, 0) is 0 Å². The Morgan fingerprint density at radius 1 is 1.30 bits per heavy atom. The zero-order valence-corrected chi connectivity index (χ0v) is 10.6. The predicted octanol–water partition coefficient (Wildman–Crippen LogP) is 2.21. The number of nitrogens with two attached hydrogens (primary N) is 1. The van der Waals surface area contributed by atoms with Gasteiger partial charge in [0, 0.05) is 18.8 Å². The second-order valence-electron chi connectivity index (χ2n) is 4.05. The molecule has 0 unspecified atom stereocenters. The Hall–Kier alpha value is -3.14. The van der Waals surface area contributed by atoms with Gasteiger partial charge in [-0.25, -0.2) is 4.98 Å². The standard InChI is InChI=1S/C13H11N5O2/c1-17(10-4-2-9(8-14)3-5-10)13-11(18(19)20)6-7-12(15)16-13/h2-7H,1H3,(H2,15,16). The molecule has 0 amide bonds. The van der Waals surface area contributed by atoms with E-state index < -0.39 is 4.92 Å². The molecule has 7 heteroatoms. The van der Waals surface area contributed by atoms with Crippen molar-refractivity contribution in [2.24, 2.45) is 0 Å². The largest absolute Gasteiger partial charge is 0.384 e. The average Bonchev–Trinajstić information content (AvgIpc) is 2.46. The zero-order chi connectivity index (χ0) is 14.7. The van der Waals surface area contributed by atoms with Crippen LogP contribution in [0.2, 0.25) is 0 Å². The summed E-state index contributed by atoms with van der Waals surface area (Å²) in [6, 6.07) is 11.3. The minimum atomic E-state index is -0.512. The number of hydrogen-bond donors (Lipinski definition) is 1. The van der Waals surface area contributed by atoms with Crippen molar-refractivity contribution in [3.8, 4) is 6.07 Å². The third-order valence-corrected chi connectivity index (χ3v) is 2.77. The molecule has 7 nitrogen and oxygen atoms in total. The highest BCUT2D eigenvalue weighted by molar-refractivity contribution is 5.69. The number of benzene rings is 1. The van der Waals surface area contributed by atoms with Crippen molar-refractivity contribution in [3.05, 3.63) is 52.1 Å². The Morgan fingerprint density at radius 3 is 2.50 bits per heavy atom. The van der Waals surface area contributed by atoms with E-state index in [4.69, 9.17) is 11.0 Å². The summed E-state index contributed by atoms with van der Waals surface area (Å²) in [5.41, 5.74) is 6.64. The van der Waals surface area contributed by atoms with E-state index in [2.05, 4.69) is 4.98 Å². The Kier molecular flexibility index (Phi) is 3.48. The Morgan fingerprint density at radius 2 is 1.95 bits per heavy atom. The zero-order valence-electron chi connectivity index (χ0n) is 10.6. The lowest BCUT2D eigenvalue weighted by Gasteiger charge is -2.18. The van der Waals surface area contributed by atoms with E-state index in [1.54, 1.807) is 36.2 Å². The fraction of sp³-hybridized carbons (Fsp3) is 0.0769. The molecule has 2 N–H and O–H groups in total. The van der Waals surface area contributed by atoms with Gasteiger partial charge < -0.3 is 10.6 Å². The van der Waals surface area contributed by atoms with Crippen molar-refractivity contribution in [2.45, 2.75) is 0 Å². The van der Waals surface area contributed by atoms with Gasteiger partial charge in [0.2, 0.25) is 5.82 Å². The SMILES string of the molecule is CN(c1ccc(C#N)cc1)c1nc(N)ccc1[N+](=O)[O-]. The van der Waals surface area contributed by atoms with Gasteiger partial charge in [-0.15, -0.1) is 0 Å². The molecule has 1 aromatic carbocycles. The number of nitro groups is 1. The maximum absolute atomic E-state index is 11.0. The minimum absolute atomic E-state index is 0.133. The summed E-state index contributed by atoms with van der Waals surface area (Å²) >= 11 is 0. The topological polar surface area (TPSA) is 109 Å². The van der Waals surface area contributed by atoms with E-state index in [9.17, 15) is 10.1 Å². The Bertz CT molecular complexity index is 691. The van der Waals surface area contributed by atoms with E-state index in [0.29, 0.717) is 11.3 Å². The highest BCUT2D eigenvalue weighted by atomic mass is 16.6. The van der Waals surface area contributed by atoms with E-state index >= 15 is 0 Å². The number of nitrogen functional groups attached to an aromatic ring is 1. The molecule has 0 bridgehead atoms. The van der Waals surface area contributed by atoms with E-state index in [0.717, 1.165) is 0 Å². The first-order chi connectivity index (χ1) is 9.52. The predicted molar refractivity (Wildman–Crippen MR) is 74.5 cm³/mol. The lowest BCUT2D eigenvalue weighted by molar-refractivity contribution is -0.384. The number of pyridine rings is 1. The Balaban J connectivity index is 2.46. The fourth-order valence-corrected chi connectivity index (χ4v) is 1.73. The molecule has 0 fully saturated rings. The molecule has 0 aliphatic carbocycles. The molecule has 0 aliphatic rings. The third-order valence-electron chi connectivity index (χ3n) is 2.77. The first kappa shape index (κ1) is 13.3. The number of rotatable bonds is 3. The van der Waals surface area contributed by atoms with Gasteiger partial charge >= 0.3 is 5.69 Å². The molecule has 20 heavy (non-hydrogen) atoms. The van der Waals surface area contributed by atoms with Gasteiger partial charge in [-0.3, -0.25) is 10.1 Å². The van der Waals surface area contributed by atoms with Gasteiger partial charge in [-0.05, 0) is 30.3 Å². The van der Waals surface area contributed by atoms with E-state index in [-0.39, 0.29) is 17.3 Å². The van der Waals surface area contributed by atoms with Gasteiger partial charge in [0.25, 0.3) is 0 Å². The van der Waals surface area contributed by atoms with Crippen molar-refractivity contribution in [2.75, 3.05) is 17.7 Å². The third kappa shape index (κ3) is 2.49. The number of nitriles is 1. The molecule has 1 aromatic heterocycles. The van der Waals surface area contributed by atoms with Crippen LogP contribution in [0.1, 0.15) is 5.56 Å².